The lowest BCUT2D eigenvalue weighted by molar-refractivity contribution is 0.0949. The van der Waals surface area contributed by atoms with Crippen LogP contribution in [0.15, 0.2) is 60.7 Å². The van der Waals surface area contributed by atoms with Crippen LogP contribution in [0.25, 0.3) is 11.0 Å². The van der Waals surface area contributed by atoms with Crippen LogP contribution in [0.4, 0.5) is 0 Å². The number of hydrogen-bond acceptors (Lipinski definition) is 3. The van der Waals surface area contributed by atoms with Gasteiger partial charge in [0, 0.05) is 12.1 Å². The van der Waals surface area contributed by atoms with Crippen molar-refractivity contribution >= 4 is 16.9 Å². The summed E-state index contributed by atoms with van der Waals surface area (Å²) in [5.74, 6) is 1.73. The summed E-state index contributed by atoms with van der Waals surface area (Å²) >= 11 is 0. The molecule has 0 atom stereocenters. The average Bonchev–Trinajstić information content (AvgIpc) is 3.14. The van der Waals surface area contributed by atoms with E-state index in [2.05, 4.69) is 48.0 Å². The molecule has 34 heavy (non-hydrogen) atoms. The smallest absolute Gasteiger partial charge is 0.251 e. The number of carbonyl (C=O) groups is 1. The van der Waals surface area contributed by atoms with E-state index in [1.807, 2.05) is 50.2 Å². The van der Waals surface area contributed by atoms with Gasteiger partial charge in [0.15, 0.2) is 0 Å². The predicted molar refractivity (Wildman–Crippen MR) is 137 cm³/mol. The molecule has 0 radical (unpaired) electrons. The number of aromatic nitrogens is 2. The van der Waals surface area contributed by atoms with Crippen LogP contribution in [-0.4, -0.2) is 22.1 Å². The Hall–Kier alpha value is -3.60. The Morgan fingerprint density at radius 3 is 2.44 bits per heavy atom. The Morgan fingerprint density at radius 2 is 1.68 bits per heavy atom. The number of para-hydroxylation sites is 2. The van der Waals surface area contributed by atoms with Gasteiger partial charge < -0.3 is 14.6 Å². The summed E-state index contributed by atoms with van der Waals surface area (Å²) in [4.78, 5) is 17.6. The van der Waals surface area contributed by atoms with Crippen molar-refractivity contribution in [2.24, 2.45) is 0 Å². The van der Waals surface area contributed by atoms with Crippen LogP contribution in [0.2, 0.25) is 0 Å². The first kappa shape index (κ1) is 23.6. The lowest BCUT2D eigenvalue weighted by Crippen LogP contribution is -2.25. The van der Waals surface area contributed by atoms with Crippen LogP contribution in [-0.2, 0) is 13.1 Å². The summed E-state index contributed by atoms with van der Waals surface area (Å²) in [5, 5.41) is 3.06. The number of amides is 1. The van der Waals surface area contributed by atoms with Gasteiger partial charge in [-0.25, -0.2) is 4.98 Å². The zero-order chi connectivity index (χ0) is 24.1. The van der Waals surface area contributed by atoms with Crippen molar-refractivity contribution in [3.8, 4) is 5.75 Å². The van der Waals surface area contributed by atoms with Crippen molar-refractivity contribution < 1.29 is 9.53 Å². The first-order valence-corrected chi connectivity index (χ1v) is 11.9. The maximum Gasteiger partial charge on any atom is 0.251 e. The van der Waals surface area contributed by atoms with Crippen molar-refractivity contribution in [1.82, 2.24) is 14.9 Å². The minimum absolute atomic E-state index is 0.0713. The summed E-state index contributed by atoms with van der Waals surface area (Å²) in [7, 11) is 0. The molecule has 0 saturated heterocycles. The Labute approximate surface area is 201 Å². The fourth-order valence-electron chi connectivity index (χ4n) is 4.41. The molecule has 1 N–H and O–H groups in total. The molecule has 5 nitrogen and oxygen atoms in total. The number of ether oxygens (including phenoxy) is 1. The minimum atomic E-state index is -0.0713. The van der Waals surface area contributed by atoms with Crippen molar-refractivity contribution in [2.45, 2.75) is 53.6 Å². The summed E-state index contributed by atoms with van der Waals surface area (Å²) < 4.78 is 8.19. The lowest BCUT2D eigenvalue weighted by Gasteiger charge is -2.12. The van der Waals surface area contributed by atoms with Crippen LogP contribution >= 0.6 is 0 Å². The number of rotatable bonds is 9. The van der Waals surface area contributed by atoms with Gasteiger partial charge in [-0.3, -0.25) is 4.79 Å². The van der Waals surface area contributed by atoms with Crippen molar-refractivity contribution in [3.05, 3.63) is 94.3 Å². The molecule has 1 heterocycles. The number of fused-ring (bicyclic) bond motifs is 1. The number of nitrogens with zero attached hydrogens (tertiary/aromatic N) is 2. The summed E-state index contributed by atoms with van der Waals surface area (Å²) in [6, 6.07) is 20.3. The van der Waals surface area contributed by atoms with Crippen LogP contribution in [0.1, 0.15) is 51.3 Å². The molecule has 0 bridgehead atoms. The van der Waals surface area contributed by atoms with E-state index in [-0.39, 0.29) is 5.91 Å². The van der Waals surface area contributed by atoms with Crippen LogP contribution in [0, 0.1) is 27.7 Å². The second kappa shape index (κ2) is 10.6. The third-order valence-corrected chi connectivity index (χ3v) is 6.01. The summed E-state index contributed by atoms with van der Waals surface area (Å²) in [6.45, 7) is 10.1. The van der Waals surface area contributed by atoms with Gasteiger partial charge in [0.2, 0.25) is 0 Å². The molecular formula is C29H33N3O2. The maximum atomic E-state index is 12.8. The SMILES string of the molecule is Cc1cc(C)cc(OCCCCn2c(CNC(=O)c3ccc(C)cc3C)nc3ccccc32)c1. The molecule has 1 aromatic heterocycles. The highest BCUT2D eigenvalue weighted by Crippen LogP contribution is 2.19. The number of nitrogens with one attached hydrogen (secondary N) is 1. The van der Waals surface area contributed by atoms with Gasteiger partial charge in [0.1, 0.15) is 11.6 Å². The predicted octanol–water partition coefficient (Wildman–Crippen LogP) is 6.06. The van der Waals surface area contributed by atoms with Crippen LogP contribution < -0.4 is 10.1 Å². The highest BCUT2D eigenvalue weighted by atomic mass is 16.5. The number of carbonyl (C=O) groups excluding carboxylic acids is 1. The fraction of sp³-hybridized carbons (Fsp3) is 0.310. The molecule has 5 heteroatoms. The molecule has 0 saturated carbocycles. The highest BCUT2D eigenvalue weighted by Gasteiger charge is 2.13. The van der Waals surface area contributed by atoms with Gasteiger partial charge in [-0.1, -0.05) is 35.9 Å². The molecule has 4 rings (SSSR count). The average molecular weight is 456 g/mol. The molecule has 4 aromatic rings. The monoisotopic (exact) mass is 455 g/mol. The zero-order valence-electron chi connectivity index (χ0n) is 20.5. The van der Waals surface area contributed by atoms with E-state index in [0.717, 1.165) is 53.1 Å². The van der Waals surface area contributed by atoms with Gasteiger partial charge in [0.25, 0.3) is 5.91 Å². The number of unbranched alkanes of at least 4 members (excludes halogenated alkanes) is 1. The molecular weight excluding hydrogens is 422 g/mol. The molecule has 0 fully saturated rings. The molecule has 176 valence electrons. The van der Waals surface area contributed by atoms with Crippen LogP contribution in [0.3, 0.4) is 0 Å². The van der Waals surface area contributed by atoms with Gasteiger partial charge >= 0.3 is 0 Å². The van der Waals surface area contributed by atoms with E-state index in [9.17, 15) is 4.79 Å². The standard InChI is InChI=1S/C29H33N3O2/c1-20-11-12-25(23(4)16-20)29(33)30-19-28-31-26-9-5-6-10-27(26)32(28)13-7-8-14-34-24-17-21(2)15-22(3)18-24/h5-6,9-12,15-18H,7-8,13-14,19H2,1-4H3,(H,30,33). The zero-order valence-corrected chi connectivity index (χ0v) is 20.5. The van der Waals surface area contributed by atoms with E-state index in [4.69, 9.17) is 9.72 Å². The number of hydrogen-bond donors (Lipinski definition) is 1. The topological polar surface area (TPSA) is 56.1 Å². The van der Waals surface area contributed by atoms with E-state index in [0.29, 0.717) is 18.7 Å². The first-order chi connectivity index (χ1) is 16.4. The van der Waals surface area contributed by atoms with Crippen molar-refractivity contribution in [3.63, 3.8) is 0 Å². The molecule has 1 amide bonds. The van der Waals surface area contributed by atoms with E-state index in [1.54, 1.807) is 0 Å². The third kappa shape index (κ3) is 5.66. The Morgan fingerprint density at radius 1 is 0.912 bits per heavy atom. The second-order valence-corrected chi connectivity index (χ2v) is 9.05. The number of imidazole rings is 1. The Balaban J connectivity index is 1.39. The van der Waals surface area contributed by atoms with E-state index in [1.165, 1.54) is 11.1 Å². The van der Waals surface area contributed by atoms with Crippen molar-refractivity contribution in [2.75, 3.05) is 6.61 Å². The van der Waals surface area contributed by atoms with Gasteiger partial charge in [0.05, 0.1) is 24.2 Å². The quantitative estimate of drug-likeness (QED) is 0.312. The largest absolute Gasteiger partial charge is 0.494 e. The summed E-state index contributed by atoms with van der Waals surface area (Å²) in [5.41, 5.74) is 7.31. The molecule has 0 aliphatic rings. The van der Waals surface area contributed by atoms with E-state index >= 15 is 0 Å². The molecule has 0 unspecified atom stereocenters. The van der Waals surface area contributed by atoms with Crippen molar-refractivity contribution in [1.29, 1.82) is 0 Å². The molecule has 0 aliphatic heterocycles. The normalized spacial score (nSPS) is 11.1. The second-order valence-electron chi connectivity index (χ2n) is 9.05. The number of aryl methyl sites for hydroxylation is 5. The maximum absolute atomic E-state index is 12.8. The molecule has 0 aliphatic carbocycles. The van der Waals surface area contributed by atoms with E-state index < -0.39 is 0 Å². The fourth-order valence-corrected chi connectivity index (χ4v) is 4.41. The Kier molecular flexibility index (Phi) is 7.31. The summed E-state index contributed by atoms with van der Waals surface area (Å²) in [6.07, 6.45) is 1.90. The first-order valence-electron chi connectivity index (χ1n) is 11.9. The lowest BCUT2D eigenvalue weighted by atomic mass is 10.1. The van der Waals surface area contributed by atoms with Crippen LogP contribution in [0.5, 0.6) is 5.75 Å². The molecule has 0 spiro atoms. The third-order valence-electron chi connectivity index (χ3n) is 6.01. The minimum Gasteiger partial charge on any atom is -0.494 e. The highest BCUT2D eigenvalue weighted by molar-refractivity contribution is 5.95. The van der Waals surface area contributed by atoms with Gasteiger partial charge in [-0.05, 0) is 87.6 Å². The molecule has 3 aromatic carbocycles. The Bertz CT molecular complexity index is 1290. The van der Waals surface area contributed by atoms with Gasteiger partial charge in [-0.2, -0.15) is 0 Å². The number of benzene rings is 3. The van der Waals surface area contributed by atoms with Gasteiger partial charge in [-0.15, -0.1) is 0 Å².